The van der Waals surface area contributed by atoms with Gasteiger partial charge in [0.2, 0.25) is 0 Å². The van der Waals surface area contributed by atoms with Crippen LogP contribution in [0.2, 0.25) is 0 Å². The molecule has 2 N–H and O–H groups in total. The van der Waals surface area contributed by atoms with Gasteiger partial charge in [-0.3, -0.25) is 9.69 Å². The maximum atomic E-state index is 13.2. The smallest absolute Gasteiger partial charge is 0.405 e. The molecule has 6 nitrogen and oxygen atoms in total. The SMILES string of the molecule is CCc1ocnc1C(=O)NCC(N1CCNCC1)C(F)(F)F. The highest BCUT2D eigenvalue weighted by Gasteiger charge is 2.43. The van der Waals surface area contributed by atoms with Crippen molar-refractivity contribution < 1.29 is 22.4 Å². The second-order valence-electron chi connectivity index (χ2n) is 5.03. The van der Waals surface area contributed by atoms with Gasteiger partial charge in [-0.1, -0.05) is 6.92 Å². The van der Waals surface area contributed by atoms with Crippen LogP contribution in [0.15, 0.2) is 10.8 Å². The van der Waals surface area contributed by atoms with Gasteiger partial charge < -0.3 is 15.1 Å². The number of aromatic nitrogens is 1. The van der Waals surface area contributed by atoms with Crippen LogP contribution < -0.4 is 10.6 Å². The van der Waals surface area contributed by atoms with Crippen LogP contribution >= 0.6 is 0 Å². The summed E-state index contributed by atoms with van der Waals surface area (Å²) in [6.45, 7) is 2.87. The quantitative estimate of drug-likeness (QED) is 0.840. The Kier molecular flexibility index (Phi) is 5.41. The summed E-state index contributed by atoms with van der Waals surface area (Å²) in [7, 11) is 0. The van der Waals surface area contributed by atoms with Crippen LogP contribution in [0.1, 0.15) is 23.2 Å². The zero-order valence-corrected chi connectivity index (χ0v) is 12.2. The number of amides is 1. The van der Waals surface area contributed by atoms with Gasteiger partial charge in [0.25, 0.3) is 5.91 Å². The Labute approximate surface area is 126 Å². The van der Waals surface area contributed by atoms with E-state index in [4.69, 9.17) is 4.42 Å². The van der Waals surface area contributed by atoms with Crippen LogP contribution in [-0.4, -0.2) is 60.7 Å². The zero-order chi connectivity index (χ0) is 16.2. The Morgan fingerprint density at radius 3 is 2.77 bits per heavy atom. The first-order valence-electron chi connectivity index (χ1n) is 7.15. The molecule has 1 aromatic heterocycles. The van der Waals surface area contributed by atoms with E-state index in [1.807, 2.05) is 0 Å². The number of carbonyl (C=O) groups is 1. The van der Waals surface area contributed by atoms with Crippen LogP contribution in [0.3, 0.4) is 0 Å². The number of nitrogens with zero attached hydrogens (tertiary/aromatic N) is 2. The molecule has 124 valence electrons. The summed E-state index contributed by atoms with van der Waals surface area (Å²) in [6, 6.07) is -1.70. The lowest BCUT2D eigenvalue weighted by Gasteiger charge is -2.35. The summed E-state index contributed by atoms with van der Waals surface area (Å²) in [5, 5.41) is 5.32. The number of nitrogens with one attached hydrogen (secondary N) is 2. The average molecular weight is 320 g/mol. The second kappa shape index (κ2) is 7.10. The number of hydrogen-bond donors (Lipinski definition) is 2. The Morgan fingerprint density at radius 1 is 1.50 bits per heavy atom. The van der Waals surface area contributed by atoms with Gasteiger partial charge in [0.1, 0.15) is 11.8 Å². The molecule has 0 aliphatic carbocycles. The molecule has 0 saturated carbocycles. The van der Waals surface area contributed by atoms with Crippen LogP contribution in [0, 0.1) is 0 Å². The van der Waals surface area contributed by atoms with Gasteiger partial charge in [-0.25, -0.2) is 4.98 Å². The van der Waals surface area contributed by atoms with Crippen molar-refractivity contribution in [3.63, 3.8) is 0 Å². The molecule has 2 rings (SSSR count). The van der Waals surface area contributed by atoms with Gasteiger partial charge in [0.15, 0.2) is 12.1 Å². The molecule has 9 heteroatoms. The van der Waals surface area contributed by atoms with Crippen molar-refractivity contribution in [2.24, 2.45) is 0 Å². The number of alkyl halides is 3. The lowest BCUT2D eigenvalue weighted by Crippen LogP contribution is -2.57. The highest BCUT2D eigenvalue weighted by atomic mass is 19.4. The highest BCUT2D eigenvalue weighted by molar-refractivity contribution is 5.93. The molecule has 1 unspecified atom stereocenters. The summed E-state index contributed by atoms with van der Waals surface area (Å²) >= 11 is 0. The Balaban J connectivity index is 2.00. The Morgan fingerprint density at radius 2 is 2.18 bits per heavy atom. The van der Waals surface area contributed by atoms with E-state index in [9.17, 15) is 18.0 Å². The summed E-state index contributed by atoms with van der Waals surface area (Å²) in [4.78, 5) is 17.1. The van der Waals surface area contributed by atoms with Gasteiger partial charge in [-0.2, -0.15) is 13.2 Å². The molecule has 0 spiro atoms. The van der Waals surface area contributed by atoms with E-state index in [-0.39, 0.29) is 5.69 Å². The third-order valence-corrected chi connectivity index (χ3v) is 3.60. The summed E-state index contributed by atoms with van der Waals surface area (Å²) in [5.41, 5.74) is 0.0451. The molecule has 1 aliphatic heterocycles. The molecule has 22 heavy (non-hydrogen) atoms. The molecule has 2 heterocycles. The number of rotatable bonds is 5. The normalized spacial score (nSPS) is 18.2. The molecule has 1 saturated heterocycles. The predicted molar refractivity (Wildman–Crippen MR) is 72.5 cm³/mol. The Hall–Kier alpha value is -1.61. The number of carbonyl (C=O) groups excluding carboxylic acids is 1. The van der Waals surface area contributed by atoms with E-state index in [2.05, 4.69) is 15.6 Å². The van der Waals surface area contributed by atoms with Crippen molar-refractivity contribution >= 4 is 5.91 Å². The highest BCUT2D eigenvalue weighted by Crippen LogP contribution is 2.24. The lowest BCUT2D eigenvalue weighted by molar-refractivity contribution is -0.183. The molecule has 1 fully saturated rings. The monoisotopic (exact) mass is 320 g/mol. The molecule has 1 aliphatic rings. The van der Waals surface area contributed by atoms with E-state index in [1.54, 1.807) is 6.92 Å². The minimum Gasteiger partial charge on any atom is -0.448 e. The third-order valence-electron chi connectivity index (χ3n) is 3.60. The molecule has 0 bridgehead atoms. The van der Waals surface area contributed by atoms with E-state index in [0.717, 1.165) is 6.39 Å². The maximum Gasteiger partial charge on any atom is 0.405 e. The zero-order valence-electron chi connectivity index (χ0n) is 12.2. The number of hydrogen-bond acceptors (Lipinski definition) is 5. The summed E-state index contributed by atoms with van der Waals surface area (Å²) in [5.74, 6) is -0.279. The fraction of sp³-hybridized carbons (Fsp3) is 0.692. The first kappa shape index (κ1) is 16.8. The lowest BCUT2D eigenvalue weighted by atomic mass is 10.2. The number of piperazine rings is 1. The molecule has 1 amide bonds. The molecule has 0 radical (unpaired) electrons. The number of oxazole rings is 1. The molecule has 1 aromatic rings. The van der Waals surface area contributed by atoms with Gasteiger partial charge in [-0.15, -0.1) is 0 Å². The van der Waals surface area contributed by atoms with Crippen molar-refractivity contribution in [2.75, 3.05) is 32.7 Å². The molecular formula is C13H19F3N4O2. The third kappa shape index (κ3) is 3.98. The van der Waals surface area contributed by atoms with Crippen molar-refractivity contribution in [3.8, 4) is 0 Å². The van der Waals surface area contributed by atoms with Crippen molar-refractivity contribution in [1.29, 1.82) is 0 Å². The Bertz CT molecular complexity index is 498. The van der Waals surface area contributed by atoms with Crippen LogP contribution in [-0.2, 0) is 6.42 Å². The average Bonchev–Trinajstić information content (AvgIpc) is 2.95. The topological polar surface area (TPSA) is 70.4 Å². The van der Waals surface area contributed by atoms with E-state index in [1.165, 1.54) is 4.90 Å². The minimum absolute atomic E-state index is 0.0451. The summed E-state index contributed by atoms with van der Waals surface area (Å²) < 4.78 is 44.6. The standard InChI is InChI=1S/C13H19F3N4O2/c1-2-9-11(19-8-22-9)12(21)18-7-10(13(14,15)16)20-5-3-17-4-6-20/h8,10,17H,2-7H2,1H3,(H,18,21). The van der Waals surface area contributed by atoms with Crippen molar-refractivity contribution in [2.45, 2.75) is 25.6 Å². The predicted octanol–water partition coefficient (Wildman–Crippen LogP) is 0.803. The first-order chi connectivity index (χ1) is 10.4. The van der Waals surface area contributed by atoms with Gasteiger partial charge in [0, 0.05) is 39.1 Å². The van der Waals surface area contributed by atoms with E-state index < -0.39 is 24.7 Å². The van der Waals surface area contributed by atoms with Gasteiger partial charge >= 0.3 is 6.18 Å². The molecular weight excluding hydrogens is 301 g/mol. The van der Waals surface area contributed by atoms with Gasteiger partial charge in [0.05, 0.1) is 0 Å². The van der Waals surface area contributed by atoms with Crippen molar-refractivity contribution in [3.05, 3.63) is 17.8 Å². The maximum absolute atomic E-state index is 13.2. The minimum atomic E-state index is -4.40. The van der Waals surface area contributed by atoms with Crippen molar-refractivity contribution in [1.82, 2.24) is 20.5 Å². The number of halogens is 3. The molecule has 0 aromatic carbocycles. The van der Waals surface area contributed by atoms with E-state index >= 15 is 0 Å². The largest absolute Gasteiger partial charge is 0.448 e. The number of aryl methyl sites for hydroxylation is 1. The van der Waals surface area contributed by atoms with E-state index in [0.29, 0.717) is 38.4 Å². The molecule has 1 atom stereocenters. The second-order valence-corrected chi connectivity index (χ2v) is 5.03. The first-order valence-corrected chi connectivity index (χ1v) is 7.15. The summed E-state index contributed by atoms with van der Waals surface area (Å²) in [6.07, 6.45) is -2.84. The fourth-order valence-electron chi connectivity index (χ4n) is 2.43. The van der Waals surface area contributed by atoms with Crippen LogP contribution in [0.4, 0.5) is 13.2 Å². The fourth-order valence-corrected chi connectivity index (χ4v) is 2.43. The van der Waals surface area contributed by atoms with Gasteiger partial charge in [-0.05, 0) is 0 Å². The van der Waals surface area contributed by atoms with Crippen LogP contribution in [0.5, 0.6) is 0 Å². The van der Waals surface area contributed by atoms with Crippen LogP contribution in [0.25, 0.3) is 0 Å².